The van der Waals surface area contributed by atoms with Crippen LogP contribution in [0.3, 0.4) is 0 Å². The van der Waals surface area contributed by atoms with Crippen LogP contribution in [0.15, 0.2) is 24.3 Å². The van der Waals surface area contributed by atoms with Gasteiger partial charge in [0.15, 0.2) is 11.6 Å². The maximum atomic E-state index is 13.5. The number of halogens is 9. The third-order valence-electron chi connectivity index (χ3n) is 3.53. The molecule has 1 heterocycles. The number of benzene rings is 1. The number of methoxy groups -OCH3 is 1. The van der Waals surface area contributed by atoms with Gasteiger partial charge in [0.25, 0.3) is 0 Å². The van der Waals surface area contributed by atoms with Crippen LogP contribution in [-0.4, -0.2) is 25.0 Å². The number of hydrogen-bond donors (Lipinski definition) is 0. The molecule has 0 fully saturated rings. The summed E-state index contributed by atoms with van der Waals surface area (Å²) in [6, 6.07) is 1.37. The number of thiophene rings is 1. The summed E-state index contributed by atoms with van der Waals surface area (Å²) < 4.78 is 97.3. The average Bonchev–Trinajstić information content (AvgIpc) is 3.08. The molecule has 0 saturated heterocycles. The number of ether oxygens (including phenoxy) is 1. The summed E-state index contributed by atoms with van der Waals surface area (Å²) >= 11 is 11.0. The molecule has 2 aromatic rings. The van der Waals surface area contributed by atoms with Crippen LogP contribution in [0.1, 0.15) is 30.5 Å². The van der Waals surface area contributed by atoms with Crippen LogP contribution >= 0.6 is 34.5 Å². The van der Waals surface area contributed by atoms with Gasteiger partial charge in [-0.25, -0.2) is 9.18 Å². The van der Waals surface area contributed by atoms with E-state index in [0.29, 0.717) is 12.1 Å². The van der Waals surface area contributed by atoms with Gasteiger partial charge in [0.1, 0.15) is 4.88 Å². The SMILES string of the molecule is COC(=O)c1sc(C(=O)C=C(c2cc(Cl)c(F)c(Cl)c2)C(F)(F)F)cc1C(F)(F)F. The molecule has 0 unspecified atom stereocenters. The number of carbonyl (C=O) groups is 2. The molecule has 0 bridgehead atoms. The first-order chi connectivity index (χ1) is 13.7. The Hall–Kier alpha value is -2.11. The number of ketones is 1. The molecule has 0 radical (unpaired) electrons. The van der Waals surface area contributed by atoms with E-state index in [1.54, 1.807) is 0 Å². The second-order valence-electron chi connectivity index (χ2n) is 5.52. The minimum atomic E-state index is -5.17. The van der Waals surface area contributed by atoms with Crippen molar-refractivity contribution in [3.63, 3.8) is 0 Å². The van der Waals surface area contributed by atoms with Gasteiger partial charge >= 0.3 is 18.3 Å². The Bertz CT molecular complexity index is 1020. The van der Waals surface area contributed by atoms with E-state index in [1.807, 2.05) is 0 Å². The Balaban J connectivity index is 2.62. The maximum absolute atomic E-state index is 13.5. The molecule has 13 heteroatoms. The fourth-order valence-corrected chi connectivity index (χ4v) is 3.70. The molecule has 30 heavy (non-hydrogen) atoms. The van der Waals surface area contributed by atoms with Crippen molar-refractivity contribution in [3.8, 4) is 0 Å². The summed E-state index contributed by atoms with van der Waals surface area (Å²) in [5.41, 5.74) is -3.94. The van der Waals surface area contributed by atoms with Crippen molar-refractivity contribution in [2.45, 2.75) is 12.4 Å². The van der Waals surface area contributed by atoms with Crippen molar-refractivity contribution < 1.29 is 45.1 Å². The molecule has 0 aliphatic carbocycles. The molecule has 0 aliphatic rings. The molecule has 2 rings (SSSR count). The quantitative estimate of drug-likeness (QED) is 0.154. The summed E-state index contributed by atoms with van der Waals surface area (Å²) in [5, 5.41) is -1.52. The van der Waals surface area contributed by atoms with Gasteiger partial charge in [-0.15, -0.1) is 11.3 Å². The van der Waals surface area contributed by atoms with Gasteiger partial charge in [-0.3, -0.25) is 4.79 Å². The first kappa shape index (κ1) is 24.2. The Kier molecular flexibility index (Phi) is 6.89. The lowest BCUT2D eigenvalue weighted by Gasteiger charge is -2.13. The van der Waals surface area contributed by atoms with Crippen molar-refractivity contribution in [2.75, 3.05) is 7.11 Å². The predicted octanol–water partition coefficient (Wildman–Crippen LogP) is 6.83. The van der Waals surface area contributed by atoms with Crippen LogP contribution in [0, 0.1) is 5.82 Å². The van der Waals surface area contributed by atoms with E-state index in [9.17, 15) is 40.3 Å². The summed E-state index contributed by atoms with van der Waals surface area (Å²) in [4.78, 5) is 22.0. The minimum Gasteiger partial charge on any atom is -0.465 e. The van der Waals surface area contributed by atoms with E-state index in [0.717, 1.165) is 7.11 Å². The molecule has 1 aromatic carbocycles. The van der Waals surface area contributed by atoms with E-state index >= 15 is 0 Å². The lowest BCUT2D eigenvalue weighted by Crippen LogP contribution is -2.13. The van der Waals surface area contributed by atoms with Crippen LogP contribution in [0.2, 0.25) is 10.0 Å². The lowest BCUT2D eigenvalue weighted by molar-refractivity contribution is -0.137. The fraction of sp³-hybridized carbons (Fsp3) is 0.176. The maximum Gasteiger partial charge on any atom is 0.418 e. The van der Waals surface area contributed by atoms with Crippen molar-refractivity contribution >= 4 is 51.9 Å². The van der Waals surface area contributed by atoms with Crippen molar-refractivity contribution in [3.05, 3.63) is 61.0 Å². The Labute approximate surface area is 177 Å². The number of allylic oxidation sites excluding steroid dienone is 2. The molecule has 0 amide bonds. The highest BCUT2D eigenvalue weighted by molar-refractivity contribution is 7.16. The van der Waals surface area contributed by atoms with Gasteiger partial charge in [0, 0.05) is 0 Å². The Morgan fingerprint density at radius 1 is 1.03 bits per heavy atom. The third-order valence-corrected chi connectivity index (χ3v) is 5.21. The van der Waals surface area contributed by atoms with E-state index in [1.165, 1.54) is 0 Å². The topological polar surface area (TPSA) is 43.4 Å². The standard InChI is InChI=1S/C17H7Cl2F7O3S/c1-29-15(28)14-8(17(24,25)26)5-12(30-14)11(27)4-7(16(21,22)23)6-2-9(18)13(20)10(19)3-6/h2-5H,1H3. The van der Waals surface area contributed by atoms with Crippen LogP contribution in [0.4, 0.5) is 30.7 Å². The van der Waals surface area contributed by atoms with E-state index in [2.05, 4.69) is 4.74 Å². The molecule has 0 spiro atoms. The third kappa shape index (κ3) is 5.13. The van der Waals surface area contributed by atoms with Gasteiger partial charge in [-0.2, -0.15) is 26.3 Å². The minimum absolute atomic E-state index is 0.00689. The number of rotatable bonds is 4. The van der Waals surface area contributed by atoms with E-state index < -0.39 is 66.4 Å². The molecule has 1 aromatic heterocycles. The fourth-order valence-electron chi connectivity index (χ4n) is 2.21. The number of alkyl halides is 6. The normalized spacial score (nSPS) is 12.8. The van der Waals surface area contributed by atoms with Gasteiger partial charge in [-0.05, 0) is 29.8 Å². The molecular weight excluding hydrogens is 488 g/mol. The zero-order valence-electron chi connectivity index (χ0n) is 14.3. The summed E-state index contributed by atoms with van der Waals surface area (Å²) in [6.07, 6.45) is -10.2. The zero-order valence-corrected chi connectivity index (χ0v) is 16.7. The van der Waals surface area contributed by atoms with Gasteiger partial charge < -0.3 is 4.74 Å². The molecule has 3 nitrogen and oxygen atoms in total. The van der Waals surface area contributed by atoms with Crippen LogP contribution in [0.25, 0.3) is 5.57 Å². The summed E-state index contributed by atoms with van der Waals surface area (Å²) in [6.45, 7) is 0. The van der Waals surface area contributed by atoms with Gasteiger partial charge in [-0.1, -0.05) is 23.2 Å². The molecule has 0 saturated carbocycles. The van der Waals surface area contributed by atoms with Crippen LogP contribution < -0.4 is 0 Å². The highest BCUT2D eigenvalue weighted by atomic mass is 35.5. The van der Waals surface area contributed by atoms with Gasteiger partial charge in [0.2, 0.25) is 0 Å². The predicted molar refractivity (Wildman–Crippen MR) is 95.4 cm³/mol. The lowest BCUT2D eigenvalue weighted by atomic mass is 10.0. The van der Waals surface area contributed by atoms with Gasteiger partial charge in [0.05, 0.1) is 33.2 Å². The highest BCUT2D eigenvalue weighted by Crippen LogP contribution is 2.40. The number of carbonyl (C=O) groups excluding carboxylic acids is 2. The zero-order chi connectivity index (χ0) is 23.0. The molecule has 0 N–H and O–H groups in total. The highest BCUT2D eigenvalue weighted by Gasteiger charge is 2.40. The number of hydrogen-bond acceptors (Lipinski definition) is 4. The number of esters is 1. The first-order valence-electron chi connectivity index (χ1n) is 7.44. The van der Waals surface area contributed by atoms with Crippen molar-refractivity contribution in [1.82, 2.24) is 0 Å². The smallest absolute Gasteiger partial charge is 0.418 e. The second-order valence-corrected chi connectivity index (χ2v) is 7.38. The van der Waals surface area contributed by atoms with Crippen LogP contribution in [0.5, 0.6) is 0 Å². The summed E-state index contributed by atoms with van der Waals surface area (Å²) in [5.74, 6) is -4.08. The largest absolute Gasteiger partial charge is 0.465 e. The molecule has 162 valence electrons. The van der Waals surface area contributed by atoms with Crippen molar-refractivity contribution in [1.29, 1.82) is 0 Å². The van der Waals surface area contributed by atoms with E-state index in [4.69, 9.17) is 23.2 Å². The van der Waals surface area contributed by atoms with E-state index in [-0.39, 0.29) is 23.5 Å². The second kappa shape index (κ2) is 8.56. The Morgan fingerprint density at radius 3 is 2.00 bits per heavy atom. The Morgan fingerprint density at radius 2 is 1.57 bits per heavy atom. The molecular formula is C17H7Cl2F7O3S. The van der Waals surface area contributed by atoms with Crippen molar-refractivity contribution in [2.24, 2.45) is 0 Å². The average molecular weight is 495 g/mol. The molecule has 0 atom stereocenters. The first-order valence-corrected chi connectivity index (χ1v) is 9.01. The summed E-state index contributed by atoms with van der Waals surface area (Å²) in [7, 11) is 0.799. The van der Waals surface area contributed by atoms with Crippen LogP contribution in [-0.2, 0) is 10.9 Å². The monoisotopic (exact) mass is 494 g/mol. The molecule has 0 aliphatic heterocycles.